The van der Waals surface area contributed by atoms with Crippen LogP contribution in [0, 0.1) is 0 Å². The average Bonchev–Trinajstić information content (AvgIpc) is 3.58. The van der Waals surface area contributed by atoms with E-state index in [0.29, 0.717) is 6.54 Å². The minimum Gasteiger partial charge on any atom is -0.444 e. The van der Waals surface area contributed by atoms with E-state index in [1.165, 1.54) is 16.9 Å². The van der Waals surface area contributed by atoms with Gasteiger partial charge in [0.15, 0.2) is 5.65 Å². The number of likely N-dealkylation sites (N-methyl/N-ethyl adjacent to an activating group) is 1. The summed E-state index contributed by atoms with van der Waals surface area (Å²) in [6, 6.07) is 8.52. The zero-order valence-corrected chi connectivity index (χ0v) is 26.4. The van der Waals surface area contributed by atoms with Crippen LogP contribution in [0.4, 0.5) is 10.5 Å². The fraction of sp³-hybridized carbons (Fsp3) is 0.484. The molecule has 228 valence electrons. The Bertz CT molecular complexity index is 1520. The van der Waals surface area contributed by atoms with Gasteiger partial charge in [0, 0.05) is 77.4 Å². The molecule has 4 heterocycles. The lowest BCUT2D eigenvalue weighted by Crippen LogP contribution is -2.47. The third-order valence-corrected chi connectivity index (χ3v) is 7.84. The number of hydrogen-bond donors (Lipinski definition) is 2. The van der Waals surface area contributed by atoms with Crippen molar-refractivity contribution in [1.29, 1.82) is 0 Å². The largest absolute Gasteiger partial charge is 0.444 e. The molecule has 0 radical (unpaired) electrons. The van der Waals surface area contributed by atoms with Crippen LogP contribution in [0.3, 0.4) is 0 Å². The smallest absolute Gasteiger partial charge is 0.407 e. The molecule has 4 aromatic rings. The summed E-state index contributed by atoms with van der Waals surface area (Å²) in [4.78, 5) is 36.6. The molecule has 1 amide bonds. The number of ether oxygens (including phenoxy) is 1. The number of piperazine rings is 1. The molecule has 0 spiro atoms. The highest BCUT2D eigenvalue weighted by Crippen LogP contribution is 2.27. The Labute approximate surface area is 255 Å². The van der Waals surface area contributed by atoms with Crippen LogP contribution in [0.5, 0.6) is 0 Å². The SMILES string of the molecule is Bc1cnc2[nH]c(-c3ccc(CN(CC)CCNC(=O)OC(C)(C)C)cc3)nc2c1N1CCN(Cc2cncn2C)CC1. The lowest BCUT2D eigenvalue weighted by molar-refractivity contribution is 0.0522. The van der Waals surface area contributed by atoms with Gasteiger partial charge in [-0.15, -0.1) is 0 Å². The van der Waals surface area contributed by atoms with Crippen molar-refractivity contribution < 1.29 is 9.53 Å². The number of nitrogens with one attached hydrogen (secondary N) is 2. The molecule has 1 saturated heterocycles. The average molecular weight is 586 g/mol. The molecule has 2 N–H and O–H groups in total. The standard InChI is InChI=1S/C31H44BN9O2/c1-6-39(12-11-34-30(42)43-31(2,3)4)19-22-7-9-23(10-8-22)28-36-26-27(25(32)18-35-29(26)37-28)41-15-13-40(14-16-41)20-24-17-33-21-38(24)5/h7-10,17-18,21H,6,11-16,19-20,32H2,1-5H3,(H,34,42)(H,35,36,37). The number of aromatic amines is 1. The van der Waals surface area contributed by atoms with Crippen molar-refractivity contribution in [2.75, 3.05) is 50.7 Å². The maximum absolute atomic E-state index is 12.0. The number of rotatable bonds is 10. The van der Waals surface area contributed by atoms with E-state index in [2.05, 4.69) is 78.6 Å². The number of pyridine rings is 1. The van der Waals surface area contributed by atoms with Gasteiger partial charge in [0.05, 0.1) is 17.7 Å². The van der Waals surface area contributed by atoms with Gasteiger partial charge in [0.1, 0.15) is 24.8 Å². The second kappa shape index (κ2) is 13.2. The van der Waals surface area contributed by atoms with Gasteiger partial charge in [0.25, 0.3) is 0 Å². The molecule has 43 heavy (non-hydrogen) atoms. The number of hydrogen-bond acceptors (Lipinski definition) is 8. The van der Waals surface area contributed by atoms with Gasteiger partial charge < -0.3 is 24.5 Å². The third-order valence-electron chi connectivity index (χ3n) is 7.84. The second-order valence-corrected chi connectivity index (χ2v) is 12.3. The lowest BCUT2D eigenvalue weighted by Gasteiger charge is -2.36. The number of carbonyl (C=O) groups excluding carboxylic acids is 1. The van der Waals surface area contributed by atoms with Gasteiger partial charge in [0.2, 0.25) is 0 Å². The molecule has 0 saturated carbocycles. The summed E-state index contributed by atoms with van der Waals surface area (Å²) in [5.41, 5.74) is 7.02. The first kappa shape index (κ1) is 30.6. The van der Waals surface area contributed by atoms with Gasteiger partial charge in [-0.05, 0) is 38.3 Å². The van der Waals surface area contributed by atoms with Crippen molar-refractivity contribution >= 4 is 36.3 Å². The number of H-pyrrole nitrogens is 1. The van der Waals surface area contributed by atoms with Crippen LogP contribution in [0.2, 0.25) is 0 Å². The van der Waals surface area contributed by atoms with E-state index in [4.69, 9.17) is 9.72 Å². The molecule has 0 unspecified atom stereocenters. The van der Waals surface area contributed by atoms with Crippen molar-refractivity contribution in [2.24, 2.45) is 7.05 Å². The number of nitrogens with zero attached hydrogens (tertiary/aromatic N) is 7. The van der Waals surface area contributed by atoms with Crippen LogP contribution in [0.1, 0.15) is 39.0 Å². The third kappa shape index (κ3) is 7.74. The van der Waals surface area contributed by atoms with Crippen LogP contribution >= 0.6 is 0 Å². The van der Waals surface area contributed by atoms with Crippen molar-refractivity contribution in [2.45, 2.75) is 46.4 Å². The fourth-order valence-electron chi connectivity index (χ4n) is 5.47. The number of imidazole rings is 2. The molecule has 3 aromatic heterocycles. The van der Waals surface area contributed by atoms with Gasteiger partial charge in [-0.25, -0.2) is 19.7 Å². The molecule has 0 aliphatic carbocycles. The van der Waals surface area contributed by atoms with Crippen LogP contribution in [-0.2, 0) is 24.9 Å². The lowest BCUT2D eigenvalue weighted by atomic mass is 9.95. The minimum absolute atomic E-state index is 0.380. The summed E-state index contributed by atoms with van der Waals surface area (Å²) in [5, 5.41) is 2.85. The molecule has 1 aliphatic heterocycles. The summed E-state index contributed by atoms with van der Waals surface area (Å²) < 4.78 is 7.42. The number of anilines is 1. The highest BCUT2D eigenvalue weighted by molar-refractivity contribution is 6.37. The van der Waals surface area contributed by atoms with E-state index < -0.39 is 5.60 Å². The Kier molecular flexibility index (Phi) is 9.36. The quantitative estimate of drug-likeness (QED) is 0.273. The van der Waals surface area contributed by atoms with Gasteiger partial charge in [-0.2, -0.15) is 0 Å². The van der Waals surface area contributed by atoms with E-state index in [-0.39, 0.29) is 6.09 Å². The summed E-state index contributed by atoms with van der Waals surface area (Å²) in [6.07, 6.45) is 5.38. The summed E-state index contributed by atoms with van der Waals surface area (Å²) in [7, 11) is 4.17. The predicted octanol–water partition coefficient (Wildman–Crippen LogP) is 2.29. The highest BCUT2D eigenvalue weighted by atomic mass is 16.6. The van der Waals surface area contributed by atoms with E-state index >= 15 is 0 Å². The first-order valence-corrected chi connectivity index (χ1v) is 15.2. The number of aryl methyl sites for hydroxylation is 1. The summed E-state index contributed by atoms with van der Waals surface area (Å²) >= 11 is 0. The maximum atomic E-state index is 12.0. The molecule has 1 aromatic carbocycles. The van der Waals surface area contributed by atoms with Crippen molar-refractivity contribution in [1.82, 2.24) is 39.6 Å². The van der Waals surface area contributed by atoms with Gasteiger partial charge in [-0.1, -0.05) is 31.2 Å². The molecule has 5 rings (SSSR count). The van der Waals surface area contributed by atoms with Crippen LogP contribution in [0.25, 0.3) is 22.6 Å². The van der Waals surface area contributed by atoms with Crippen LogP contribution in [0.15, 0.2) is 43.0 Å². The van der Waals surface area contributed by atoms with E-state index in [0.717, 1.165) is 80.4 Å². The molecule has 0 atom stereocenters. The highest BCUT2D eigenvalue weighted by Gasteiger charge is 2.23. The van der Waals surface area contributed by atoms with Crippen molar-refractivity contribution in [3.8, 4) is 11.4 Å². The molecule has 1 aliphatic rings. The molecule has 11 nitrogen and oxygen atoms in total. The van der Waals surface area contributed by atoms with Crippen molar-refractivity contribution in [3.63, 3.8) is 0 Å². The molecular weight excluding hydrogens is 541 g/mol. The fourth-order valence-corrected chi connectivity index (χ4v) is 5.47. The zero-order chi connectivity index (χ0) is 30.6. The zero-order valence-electron chi connectivity index (χ0n) is 26.4. The van der Waals surface area contributed by atoms with Crippen LogP contribution in [-0.4, -0.2) is 99.7 Å². The summed E-state index contributed by atoms with van der Waals surface area (Å²) in [5.74, 6) is 0.824. The first-order chi connectivity index (χ1) is 20.6. The number of amides is 1. The number of carbonyl (C=O) groups is 1. The Balaban J connectivity index is 1.21. The number of benzene rings is 1. The molecule has 1 fully saturated rings. The maximum Gasteiger partial charge on any atom is 0.407 e. The number of fused-ring (bicyclic) bond motifs is 1. The number of aromatic nitrogens is 5. The Morgan fingerprint density at radius 1 is 1.14 bits per heavy atom. The van der Waals surface area contributed by atoms with Crippen LogP contribution < -0.4 is 15.7 Å². The Morgan fingerprint density at radius 2 is 1.88 bits per heavy atom. The monoisotopic (exact) mass is 585 g/mol. The Hall–Kier alpha value is -3.90. The van der Waals surface area contributed by atoms with E-state index in [1.807, 2.05) is 46.5 Å². The van der Waals surface area contributed by atoms with Crippen molar-refractivity contribution in [3.05, 3.63) is 54.2 Å². The predicted molar refractivity (Wildman–Crippen MR) is 173 cm³/mol. The van der Waals surface area contributed by atoms with Gasteiger partial charge >= 0.3 is 6.09 Å². The first-order valence-electron chi connectivity index (χ1n) is 15.2. The summed E-state index contributed by atoms with van der Waals surface area (Å²) in [6.45, 7) is 15.4. The molecule has 12 heteroatoms. The van der Waals surface area contributed by atoms with E-state index in [1.54, 1.807) is 0 Å². The molecule has 0 bridgehead atoms. The number of alkyl carbamates (subject to hydrolysis) is 1. The Morgan fingerprint density at radius 3 is 2.53 bits per heavy atom. The van der Waals surface area contributed by atoms with E-state index in [9.17, 15) is 4.79 Å². The minimum atomic E-state index is -0.497. The second-order valence-electron chi connectivity index (χ2n) is 12.3. The molecular formula is C31H44BN9O2. The topological polar surface area (TPSA) is 107 Å². The normalized spacial score (nSPS) is 14.5. The van der Waals surface area contributed by atoms with Gasteiger partial charge in [-0.3, -0.25) is 9.80 Å².